The summed E-state index contributed by atoms with van der Waals surface area (Å²) in [6.07, 6.45) is 3.67. The van der Waals surface area contributed by atoms with Gasteiger partial charge in [-0.3, -0.25) is 9.59 Å². The van der Waals surface area contributed by atoms with Crippen LogP contribution < -0.4 is 5.32 Å². The molecular weight excluding hydrogens is 336 g/mol. The minimum absolute atomic E-state index is 0.0503. The molecule has 1 N–H and O–H groups in total. The number of rotatable bonds is 4. The van der Waals surface area contributed by atoms with Crippen LogP contribution in [0.4, 0.5) is 5.69 Å². The van der Waals surface area contributed by atoms with E-state index < -0.39 is 0 Å². The molecule has 0 radical (unpaired) electrons. The minimum Gasteiger partial charge on any atom is -0.336 e. The molecule has 0 aromatic heterocycles. The highest BCUT2D eigenvalue weighted by atomic mass is 16.2. The third-order valence-corrected chi connectivity index (χ3v) is 5.30. The lowest BCUT2D eigenvalue weighted by Gasteiger charge is -2.33. The van der Waals surface area contributed by atoms with Crippen molar-refractivity contribution in [2.75, 3.05) is 11.9 Å². The van der Waals surface area contributed by atoms with Crippen LogP contribution >= 0.6 is 0 Å². The molecule has 27 heavy (non-hydrogen) atoms. The fourth-order valence-corrected chi connectivity index (χ4v) is 3.59. The van der Waals surface area contributed by atoms with E-state index >= 15 is 0 Å². The number of aryl methyl sites for hydroxylation is 2. The second-order valence-electron chi connectivity index (χ2n) is 7.58. The molecule has 1 heterocycles. The van der Waals surface area contributed by atoms with Crippen LogP contribution in [0.15, 0.2) is 42.5 Å². The average Bonchev–Trinajstić information content (AvgIpc) is 2.65. The van der Waals surface area contributed by atoms with E-state index in [1.165, 1.54) is 12.0 Å². The number of nitrogens with zero attached hydrogens (tertiary/aromatic N) is 1. The van der Waals surface area contributed by atoms with Gasteiger partial charge in [-0.25, -0.2) is 0 Å². The molecule has 4 heteroatoms. The van der Waals surface area contributed by atoms with Crippen LogP contribution in [0.2, 0.25) is 0 Å². The van der Waals surface area contributed by atoms with Crippen molar-refractivity contribution in [3.05, 3.63) is 64.7 Å². The quantitative estimate of drug-likeness (QED) is 0.868. The van der Waals surface area contributed by atoms with E-state index in [0.717, 1.165) is 36.2 Å². The molecule has 142 valence electrons. The Labute approximate surface area is 161 Å². The van der Waals surface area contributed by atoms with E-state index in [-0.39, 0.29) is 11.8 Å². The van der Waals surface area contributed by atoms with Crippen LogP contribution in [0.1, 0.15) is 53.2 Å². The molecule has 1 aliphatic heterocycles. The number of likely N-dealkylation sites (tertiary alicyclic amines) is 1. The zero-order chi connectivity index (χ0) is 19.4. The van der Waals surface area contributed by atoms with Crippen LogP contribution in [0, 0.1) is 13.8 Å². The molecule has 0 saturated carbocycles. The Balaban J connectivity index is 1.66. The number of carbonyl (C=O) groups is 2. The van der Waals surface area contributed by atoms with Gasteiger partial charge in [-0.05, 0) is 69.4 Å². The van der Waals surface area contributed by atoms with Gasteiger partial charge in [0.25, 0.3) is 5.91 Å². The summed E-state index contributed by atoms with van der Waals surface area (Å²) >= 11 is 0. The fraction of sp³-hybridized carbons (Fsp3) is 0.391. The first-order valence-corrected chi connectivity index (χ1v) is 9.71. The highest BCUT2D eigenvalue weighted by Gasteiger charge is 2.24. The standard InChI is InChI=1S/C23H28N2O2/c1-16-7-9-19(10-8-16)15-22(26)24-21-12-11-20(14-17(21)2)23(27)25-13-5-4-6-18(25)3/h7-12,14,18H,4-6,13,15H2,1-3H3,(H,24,26). The van der Waals surface area contributed by atoms with Gasteiger partial charge in [0.1, 0.15) is 0 Å². The number of hydrogen-bond donors (Lipinski definition) is 1. The first kappa shape index (κ1) is 19.2. The summed E-state index contributed by atoms with van der Waals surface area (Å²) in [5.74, 6) is 0.0357. The molecule has 1 atom stereocenters. The van der Waals surface area contributed by atoms with Crippen molar-refractivity contribution in [3.8, 4) is 0 Å². The number of anilines is 1. The Kier molecular flexibility index (Phi) is 5.94. The maximum absolute atomic E-state index is 12.8. The summed E-state index contributed by atoms with van der Waals surface area (Å²) in [5.41, 5.74) is 4.52. The third-order valence-electron chi connectivity index (χ3n) is 5.30. The highest BCUT2D eigenvalue weighted by Crippen LogP contribution is 2.22. The predicted octanol–water partition coefficient (Wildman–Crippen LogP) is 4.50. The second kappa shape index (κ2) is 8.38. The number of piperidine rings is 1. The van der Waals surface area contributed by atoms with Crippen molar-refractivity contribution >= 4 is 17.5 Å². The highest BCUT2D eigenvalue weighted by molar-refractivity contribution is 5.97. The summed E-state index contributed by atoms with van der Waals surface area (Å²) in [7, 11) is 0. The van der Waals surface area contributed by atoms with Crippen LogP contribution in [0.5, 0.6) is 0 Å². The Bertz CT molecular complexity index is 827. The van der Waals surface area contributed by atoms with Crippen LogP contribution in [0.25, 0.3) is 0 Å². The van der Waals surface area contributed by atoms with Gasteiger partial charge < -0.3 is 10.2 Å². The molecule has 1 unspecified atom stereocenters. The van der Waals surface area contributed by atoms with Gasteiger partial charge in [0.2, 0.25) is 5.91 Å². The smallest absolute Gasteiger partial charge is 0.254 e. The number of benzene rings is 2. The van der Waals surface area contributed by atoms with Gasteiger partial charge in [0, 0.05) is 23.8 Å². The van der Waals surface area contributed by atoms with Gasteiger partial charge in [0.05, 0.1) is 6.42 Å². The van der Waals surface area contributed by atoms with E-state index in [1.54, 1.807) is 0 Å². The molecule has 0 bridgehead atoms. The second-order valence-corrected chi connectivity index (χ2v) is 7.58. The van der Waals surface area contributed by atoms with Gasteiger partial charge in [-0.2, -0.15) is 0 Å². The van der Waals surface area contributed by atoms with Gasteiger partial charge in [0.15, 0.2) is 0 Å². The van der Waals surface area contributed by atoms with Crippen molar-refractivity contribution in [3.63, 3.8) is 0 Å². The minimum atomic E-state index is -0.0503. The summed E-state index contributed by atoms with van der Waals surface area (Å²) in [6.45, 7) is 6.90. The summed E-state index contributed by atoms with van der Waals surface area (Å²) < 4.78 is 0. The fourth-order valence-electron chi connectivity index (χ4n) is 3.59. The van der Waals surface area contributed by atoms with E-state index in [2.05, 4.69) is 12.2 Å². The molecule has 2 amide bonds. The Morgan fingerprint density at radius 2 is 1.81 bits per heavy atom. The van der Waals surface area contributed by atoms with Crippen LogP contribution in [-0.4, -0.2) is 29.3 Å². The molecule has 1 aliphatic rings. The number of hydrogen-bond acceptors (Lipinski definition) is 2. The maximum Gasteiger partial charge on any atom is 0.254 e. The monoisotopic (exact) mass is 364 g/mol. The number of amides is 2. The maximum atomic E-state index is 12.8. The van der Waals surface area contributed by atoms with E-state index in [0.29, 0.717) is 18.0 Å². The molecule has 2 aromatic carbocycles. The first-order chi connectivity index (χ1) is 12.9. The third kappa shape index (κ3) is 4.76. The molecule has 2 aromatic rings. The van der Waals surface area contributed by atoms with Gasteiger partial charge >= 0.3 is 0 Å². The number of carbonyl (C=O) groups excluding carboxylic acids is 2. The molecule has 0 spiro atoms. The van der Waals surface area contributed by atoms with Crippen LogP contribution in [-0.2, 0) is 11.2 Å². The zero-order valence-corrected chi connectivity index (χ0v) is 16.4. The Hall–Kier alpha value is -2.62. The summed E-state index contributed by atoms with van der Waals surface area (Å²) in [6, 6.07) is 13.8. The lowest BCUT2D eigenvalue weighted by Crippen LogP contribution is -2.42. The number of nitrogens with one attached hydrogen (secondary N) is 1. The van der Waals surface area contributed by atoms with Gasteiger partial charge in [-0.1, -0.05) is 29.8 Å². The summed E-state index contributed by atoms with van der Waals surface area (Å²) in [5, 5.41) is 2.96. The van der Waals surface area contributed by atoms with Gasteiger partial charge in [-0.15, -0.1) is 0 Å². The van der Waals surface area contributed by atoms with Crippen LogP contribution in [0.3, 0.4) is 0 Å². The lowest BCUT2D eigenvalue weighted by molar-refractivity contribution is -0.115. The summed E-state index contributed by atoms with van der Waals surface area (Å²) in [4.78, 5) is 27.1. The molecule has 0 aliphatic carbocycles. The van der Waals surface area contributed by atoms with E-state index in [1.807, 2.05) is 61.2 Å². The van der Waals surface area contributed by atoms with Crippen molar-refractivity contribution in [1.82, 2.24) is 4.90 Å². The Morgan fingerprint density at radius 3 is 2.48 bits per heavy atom. The largest absolute Gasteiger partial charge is 0.336 e. The lowest BCUT2D eigenvalue weighted by atomic mass is 10.0. The normalized spacial score (nSPS) is 16.9. The SMILES string of the molecule is Cc1ccc(CC(=O)Nc2ccc(C(=O)N3CCCCC3C)cc2C)cc1. The molecule has 1 fully saturated rings. The molecular formula is C23H28N2O2. The topological polar surface area (TPSA) is 49.4 Å². The van der Waals surface area contributed by atoms with Crippen molar-refractivity contribution in [2.45, 2.75) is 52.5 Å². The molecule has 1 saturated heterocycles. The molecule has 3 rings (SSSR count). The zero-order valence-electron chi connectivity index (χ0n) is 16.4. The van der Waals surface area contributed by atoms with E-state index in [4.69, 9.17) is 0 Å². The van der Waals surface area contributed by atoms with E-state index in [9.17, 15) is 9.59 Å². The predicted molar refractivity (Wildman–Crippen MR) is 109 cm³/mol. The average molecular weight is 364 g/mol. The van der Waals surface area contributed by atoms with Crippen molar-refractivity contribution in [2.24, 2.45) is 0 Å². The first-order valence-electron chi connectivity index (χ1n) is 9.71. The molecule has 4 nitrogen and oxygen atoms in total. The van der Waals surface area contributed by atoms with Crippen molar-refractivity contribution < 1.29 is 9.59 Å². The Morgan fingerprint density at radius 1 is 1.07 bits per heavy atom. The van der Waals surface area contributed by atoms with Crippen molar-refractivity contribution in [1.29, 1.82) is 0 Å².